The highest BCUT2D eigenvalue weighted by molar-refractivity contribution is 5.66. The fourth-order valence-electron chi connectivity index (χ4n) is 0.941. The summed E-state index contributed by atoms with van der Waals surface area (Å²) in [5.41, 5.74) is 0. The summed E-state index contributed by atoms with van der Waals surface area (Å²) < 4.78 is 0. The first-order valence-electron chi connectivity index (χ1n) is 4.64. The molecule has 0 aromatic carbocycles. The Kier molecular flexibility index (Phi) is 7.76. The lowest BCUT2D eigenvalue weighted by atomic mass is 10.2. The Bertz CT molecular complexity index is 139. The van der Waals surface area contributed by atoms with Crippen LogP contribution in [0.5, 0.6) is 0 Å². The highest BCUT2D eigenvalue weighted by atomic mass is 16.4. The van der Waals surface area contributed by atoms with E-state index in [2.05, 4.69) is 19.1 Å². The lowest BCUT2D eigenvalue weighted by molar-refractivity contribution is -0.137. The molecule has 0 aromatic rings. The van der Waals surface area contributed by atoms with Gasteiger partial charge < -0.3 is 5.11 Å². The molecule has 0 rings (SSSR count). The van der Waals surface area contributed by atoms with Crippen LogP contribution in [0.2, 0.25) is 0 Å². The van der Waals surface area contributed by atoms with Crippen molar-refractivity contribution in [3.63, 3.8) is 0 Å². The van der Waals surface area contributed by atoms with Gasteiger partial charge in [0.1, 0.15) is 0 Å². The molecule has 2 nitrogen and oxygen atoms in total. The van der Waals surface area contributed by atoms with E-state index in [0.717, 1.165) is 25.7 Å². The third-order valence-electron chi connectivity index (χ3n) is 1.63. The fraction of sp³-hybridized carbons (Fsp3) is 0.700. The van der Waals surface area contributed by atoms with Crippen molar-refractivity contribution in [1.29, 1.82) is 0 Å². The molecular formula is C10H18O2. The number of carboxylic acid groups (broad SMARTS) is 1. The Labute approximate surface area is 74.3 Å². The molecule has 0 heterocycles. The maximum atomic E-state index is 10.1. The second-order valence-corrected chi connectivity index (χ2v) is 2.90. The molecule has 0 saturated carbocycles. The first-order chi connectivity index (χ1) is 5.77. The molecule has 1 N–H and O–H groups in total. The zero-order chi connectivity index (χ0) is 9.23. The summed E-state index contributed by atoms with van der Waals surface area (Å²) in [5, 5.41) is 8.34. The van der Waals surface area contributed by atoms with Crippen molar-refractivity contribution in [3.05, 3.63) is 12.2 Å². The molecule has 70 valence electrons. The third-order valence-corrected chi connectivity index (χ3v) is 1.63. The zero-order valence-corrected chi connectivity index (χ0v) is 7.75. The molecule has 0 spiro atoms. The molecule has 0 aromatic heterocycles. The maximum absolute atomic E-state index is 10.1. The predicted octanol–water partition coefficient (Wildman–Crippen LogP) is 2.99. The van der Waals surface area contributed by atoms with Gasteiger partial charge in [-0.2, -0.15) is 0 Å². The molecule has 0 aliphatic carbocycles. The van der Waals surface area contributed by atoms with E-state index in [9.17, 15) is 4.79 Å². The summed E-state index contributed by atoms with van der Waals surface area (Å²) in [4.78, 5) is 10.1. The van der Waals surface area contributed by atoms with Crippen molar-refractivity contribution in [3.8, 4) is 0 Å². The molecule has 2 heteroatoms. The second-order valence-electron chi connectivity index (χ2n) is 2.90. The summed E-state index contributed by atoms with van der Waals surface area (Å²) in [6.45, 7) is 2.15. The van der Waals surface area contributed by atoms with E-state index in [1.807, 2.05) is 0 Å². The van der Waals surface area contributed by atoms with Crippen molar-refractivity contribution < 1.29 is 9.90 Å². The molecule has 0 atom stereocenters. The van der Waals surface area contributed by atoms with Crippen molar-refractivity contribution in [2.75, 3.05) is 0 Å². The first-order valence-corrected chi connectivity index (χ1v) is 4.64. The minimum absolute atomic E-state index is 0.307. The van der Waals surface area contributed by atoms with Gasteiger partial charge in [-0.3, -0.25) is 4.79 Å². The maximum Gasteiger partial charge on any atom is 0.303 e. The zero-order valence-electron chi connectivity index (χ0n) is 7.75. The first kappa shape index (κ1) is 11.2. The highest BCUT2D eigenvalue weighted by Crippen LogP contribution is 2.01. The molecule has 0 aliphatic heterocycles. The topological polar surface area (TPSA) is 37.3 Å². The van der Waals surface area contributed by atoms with Crippen LogP contribution in [0.3, 0.4) is 0 Å². The lowest BCUT2D eigenvalue weighted by Gasteiger charge is -1.92. The van der Waals surface area contributed by atoms with Gasteiger partial charge in [0.05, 0.1) is 0 Å². The number of hydrogen-bond donors (Lipinski definition) is 1. The van der Waals surface area contributed by atoms with Crippen LogP contribution in [0.4, 0.5) is 0 Å². The van der Waals surface area contributed by atoms with Crippen LogP contribution in [-0.2, 0) is 4.79 Å². The SMILES string of the molecule is CCCC=CCCCCC(=O)O. The summed E-state index contributed by atoms with van der Waals surface area (Å²) in [7, 11) is 0. The Morgan fingerprint density at radius 1 is 1.25 bits per heavy atom. The van der Waals surface area contributed by atoms with Crippen LogP contribution < -0.4 is 0 Å². The quantitative estimate of drug-likeness (QED) is 0.471. The smallest absolute Gasteiger partial charge is 0.303 e. The molecule has 0 aliphatic rings. The number of unbranched alkanes of at least 4 members (excludes halogenated alkanes) is 3. The summed E-state index contributed by atoms with van der Waals surface area (Å²) >= 11 is 0. The Morgan fingerprint density at radius 3 is 2.50 bits per heavy atom. The van der Waals surface area contributed by atoms with E-state index in [0.29, 0.717) is 6.42 Å². The van der Waals surface area contributed by atoms with Gasteiger partial charge in [0, 0.05) is 6.42 Å². The van der Waals surface area contributed by atoms with Crippen molar-refractivity contribution >= 4 is 5.97 Å². The van der Waals surface area contributed by atoms with Crippen LogP contribution in [0.1, 0.15) is 45.4 Å². The van der Waals surface area contributed by atoms with Gasteiger partial charge in [0.15, 0.2) is 0 Å². The number of allylic oxidation sites excluding steroid dienone is 2. The average Bonchev–Trinajstić information content (AvgIpc) is 2.02. The number of rotatable bonds is 7. The summed E-state index contributed by atoms with van der Waals surface area (Å²) in [6.07, 6.45) is 9.75. The predicted molar refractivity (Wildman–Crippen MR) is 50.2 cm³/mol. The monoisotopic (exact) mass is 170 g/mol. The van der Waals surface area contributed by atoms with Crippen LogP contribution in [0.15, 0.2) is 12.2 Å². The molecule has 0 saturated heterocycles. The van der Waals surface area contributed by atoms with Gasteiger partial charge in [-0.15, -0.1) is 0 Å². The van der Waals surface area contributed by atoms with Crippen molar-refractivity contribution in [1.82, 2.24) is 0 Å². The molecular weight excluding hydrogens is 152 g/mol. The standard InChI is InChI=1S/C10H18O2/c1-2-3-4-5-6-7-8-9-10(11)12/h4-5H,2-3,6-9H2,1H3,(H,11,12). The average molecular weight is 170 g/mol. The highest BCUT2D eigenvalue weighted by Gasteiger charge is 1.93. The molecule has 0 amide bonds. The molecule has 0 fully saturated rings. The van der Waals surface area contributed by atoms with Gasteiger partial charge in [-0.1, -0.05) is 25.5 Å². The van der Waals surface area contributed by atoms with Crippen LogP contribution in [0, 0.1) is 0 Å². The largest absolute Gasteiger partial charge is 0.481 e. The summed E-state index contributed by atoms with van der Waals surface area (Å²) in [6, 6.07) is 0. The van der Waals surface area contributed by atoms with E-state index >= 15 is 0 Å². The number of carboxylic acids is 1. The normalized spacial score (nSPS) is 10.8. The third kappa shape index (κ3) is 9.21. The lowest BCUT2D eigenvalue weighted by Crippen LogP contribution is -1.92. The molecule has 0 radical (unpaired) electrons. The Hall–Kier alpha value is -0.790. The van der Waals surface area contributed by atoms with E-state index in [1.165, 1.54) is 6.42 Å². The minimum atomic E-state index is -0.687. The Balaban J connectivity index is 3.05. The van der Waals surface area contributed by atoms with Gasteiger partial charge in [0.2, 0.25) is 0 Å². The number of hydrogen-bond acceptors (Lipinski definition) is 1. The number of carbonyl (C=O) groups is 1. The summed E-state index contributed by atoms with van der Waals surface area (Å²) in [5.74, 6) is -0.687. The molecule has 12 heavy (non-hydrogen) atoms. The second kappa shape index (κ2) is 8.31. The van der Waals surface area contributed by atoms with Crippen LogP contribution >= 0.6 is 0 Å². The molecule has 0 bridgehead atoms. The minimum Gasteiger partial charge on any atom is -0.481 e. The fourth-order valence-corrected chi connectivity index (χ4v) is 0.941. The van der Waals surface area contributed by atoms with Crippen molar-refractivity contribution in [2.45, 2.75) is 45.4 Å². The molecule has 0 unspecified atom stereocenters. The van der Waals surface area contributed by atoms with E-state index < -0.39 is 5.97 Å². The van der Waals surface area contributed by atoms with Crippen molar-refractivity contribution in [2.24, 2.45) is 0 Å². The van der Waals surface area contributed by atoms with E-state index in [4.69, 9.17) is 5.11 Å². The van der Waals surface area contributed by atoms with E-state index in [1.54, 1.807) is 0 Å². The van der Waals surface area contributed by atoms with Gasteiger partial charge in [-0.05, 0) is 25.7 Å². The van der Waals surface area contributed by atoms with Crippen LogP contribution in [-0.4, -0.2) is 11.1 Å². The Morgan fingerprint density at radius 2 is 1.92 bits per heavy atom. The van der Waals surface area contributed by atoms with Gasteiger partial charge >= 0.3 is 5.97 Å². The van der Waals surface area contributed by atoms with Crippen LogP contribution in [0.25, 0.3) is 0 Å². The number of aliphatic carboxylic acids is 1. The van der Waals surface area contributed by atoms with E-state index in [-0.39, 0.29) is 0 Å². The van der Waals surface area contributed by atoms with Gasteiger partial charge in [-0.25, -0.2) is 0 Å². The van der Waals surface area contributed by atoms with Gasteiger partial charge in [0.25, 0.3) is 0 Å².